The molecule has 0 fully saturated rings. The maximum Gasteiger partial charge on any atom is 0.413 e. The molecule has 0 spiro atoms. The molecule has 88 valence electrons. The quantitative estimate of drug-likeness (QED) is 0.750. The Kier molecular flexibility index (Phi) is 2.91. The van der Waals surface area contributed by atoms with Crippen molar-refractivity contribution >= 4 is 11.6 Å². The summed E-state index contributed by atoms with van der Waals surface area (Å²) in [6, 6.07) is 2.47. The van der Waals surface area contributed by atoms with Gasteiger partial charge in [0.1, 0.15) is 5.82 Å². The molecule has 1 atom stereocenters. The lowest BCUT2D eigenvalue weighted by molar-refractivity contribution is -0.165. The molecule has 4 N–H and O–H groups in total. The first-order valence-corrected chi connectivity index (χ1v) is 4.29. The highest BCUT2D eigenvalue weighted by Gasteiger charge is 2.54. The molecule has 0 aliphatic heterocycles. The van der Waals surface area contributed by atoms with Crippen LogP contribution in [0.4, 0.5) is 19.0 Å². The molecule has 0 saturated heterocycles. The van der Waals surface area contributed by atoms with Gasteiger partial charge in [-0.25, -0.2) is 4.98 Å². The van der Waals surface area contributed by atoms with Gasteiger partial charge in [-0.05, 0) is 19.1 Å². The monoisotopic (exact) mass is 233 g/mol. The van der Waals surface area contributed by atoms with E-state index in [4.69, 9.17) is 11.5 Å². The molecule has 0 aliphatic rings. The molecule has 16 heavy (non-hydrogen) atoms. The number of hydrogen-bond donors (Lipinski definition) is 2. The van der Waals surface area contributed by atoms with E-state index in [1.165, 1.54) is 12.3 Å². The molecule has 0 aromatic carbocycles. The number of aromatic nitrogens is 1. The van der Waals surface area contributed by atoms with Crippen LogP contribution in [0.15, 0.2) is 18.3 Å². The summed E-state index contributed by atoms with van der Waals surface area (Å²) in [6.07, 6.45) is -3.57. The van der Waals surface area contributed by atoms with Gasteiger partial charge >= 0.3 is 6.18 Å². The van der Waals surface area contributed by atoms with Crippen LogP contribution < -0.4 is 11.5 Å². The topological polar surface area (TPSA) is 82.0 Å². The number of nitrogens with zero attached hydrogens (tertiary/aromatic N) is 1. The number of carbonyl (C=O) groups is 1. The van der Waals surface area contributed by atoms with Crippen LogP contribution in [0.3, 0.4) is 0 Å². The molecule has 0 radical (unpaired) electrons. The van der Waals surface area contributed by atoms with E-state index in [1.54, 1.807) is 0 Å². The highest BCUT2D eigenvalue weighted by Crippen LogP contribution is 2.31. The number of ketones is 1. The van der Waals surface area contributed by atoms with Gasteiger partial charge in [-0.1, -0.05) is 0 Å². The van der Waals surface area contributed by atoms with Crippen molar-refractivity contribution in [1.29, 1.82) is 0 Å². The van der Waals surface area contributed by atoms with Gasteiger partial charge in [0.05, 0.1) is 5.56 Å². The van der Waals surface area contributed by atoms with Crippen molar-refractivity contribution in [1.82, 2.24) is 4.98 Å². The minimum absolute atomic E-state index is 0.270. The summed E-state index contributed by atoms with van der Waals surface area (Å²) in [5, 5.41) is 0. The molecule has 0 saturated carbocycles. The van der Waals surface area contributed by atoms with Crippen LogP contribution in [0.25, 0.3) is 0 Å². The number of anilines is 1. The first-order chi connectivity index (χ1) is 7.18. The predicted molar refractivity (Wildman–Crippen MR) is 51.6 cm³/mol. The Labute approximate surface area is 89.4 Å². The maximum absolute atomic E-state index is 12.5. The largest absolute Gasteiger partial charge is 0.413 e. The second-order valence-corrected chi connectivity index (χ2v) is 3.47. The molecule has 1 rings (SSSR count). The molecule has 0 amide bonds. The number of carbonyl (C=O) groups excluding carboxylic acids is 1. The van der Waals surface area contributed by atoms with E-state index in [1.807, 2.05) is 0 Å². The van der Waals surface area contributed by atoms with Gasteiger partial charge in [-0.2, -0.15) is 13.2 Å². The van der Waals surface area contributed by atoms with Crippen LogP contribution in [0.5, 0.6) is 0 Å². The molecular weight excluding hydrogens is 223 g/mol. The van der Waals surface area contributed by atoms with Gasteiger partial charge in [0, 0.05) is 6.20 Å². The molecule has 7 heteroatoms. The lowest BCUT2D eigenvalue weighted by Gasteiger charge is -2.26. The number of nitrogens with two attached hydrogens (primary N) is 2. The van der Waals surface area contributed by atoms with E-state index in [9.17, 15) is 18.0 Å². The number of rotatable bonds is 2. The summed E-state index contributed by atoms with van der Waals surface area (Å²) in [5.74, 6) is -1.57. The minimum atomic E-state index is -4.84. The maximum atomic E-state index is 12.5. The number of halogens is 3. The zero-order valence-electron chi connectivity index (χ0n) is 8.38. The summed E-state index contributed by atoms with van der Waals surface area (Å²) in [4.78, 5) is 15.1. The van der Waals surface area contributed by atoms with Gasteiger partial charge in [0.25, 0.3) is 0 Å². The summed E-state index contributed by atoms with van der Waals surface area (Å²) < 4.78 is 37.5. The van der Waals surface area contributed by atoms with E-state index >= 15 is 0 Å². The SMILES string of the molecule is CC(N)(C(=O)c1cccnc1N)C(F)(F)F. The number of alkyl halides is 3. The normalized spacial score (nSPS) is 15.6. The van der Waals surface area contributed by atoms with Gasteiger partial charge in [0.2, 0.25) is 0 Å². The number of pyridine rings is 1. The predicted octanol–water partition coefficient (Wildman–Crippen LogP) is 1.13. The highest BCUT2D eigenvalue weighted by atomic mass is 19.4. The Morgan fingerprint density at radius 1 is 1.44 bits per heavy atom. The molecule has 1 aromatic heterocycles. The second-order valence-electron chi connectivity index (χ2n) is 3.47. The third kappa shape index (κ3) is 1.99. The van der Waals surface area contributed by atoms with Crippen LogP contribution in [0.2, 0.25) is 0 Å². The van der Waals surface area contributed by atoms with E-state index in [0.717, 1.165) is 6.07 Å². The Balaban J connectivity index is 3.18. The van der Waals surface area contributed by atoms with Crippen molar-refractivity contribution in [2.45, 2.75) is 18.6 Å². The van der Waals surface area contributed by atoms with Crippen molar-refractivity contribution in [2.75, 3.05) is 5.73 Å². The van der Waals surface area contributed by atoms with Crippen LogP contribution in [-0.2, 0) is 0 Å². The van der Waals surface area contributed by atoms with Crippen molar-refractivity contribution in [3.8, 4) is 0 Å². The smallest absolute Gasteiger partial charge is 0.383 e. The average molecular weight is 233 g/mol. The van der Waals surface area contributed by atoms with Gasteiger partial charge in [-0.15, -0.1) is 0 Å². The number of Topliss-reactive ketones (excluding diaryl/α,β-unsaturated/α-hetero) is 1. The molecule has 0 aliphatic carbocycles. The lowest BCUT2D eigenvalue weighted by Crippen LogP contribution is -2.57. The third-order valence-electron chi connectivity index (χ3n) is 2.14. The summed E-state index contributed by atoms with van der Waals surface area (Å²) >= 11 is 0. The number of hydrogen-bond acceptors (Lipinski definition) is 4. The standard InChI is InChI=1S/C9H10F3N3O/c1-8(14,9(10,11)12)6(16)5-3-2-4-15-7(5)13/h2-4H,14H2,1H3,(H2,13,15). The van der Waals surface area contributed by atoms with Crippen molar-refractivity contribution in [3.05, 3.63) is 23.9 Å². The van der Waals surface area contributed by atoms with Gasteiger partial charge in [0.15, 0.2) is 11.3 Å². The molecular formula is C9H10F3N3O. The van der Waals surface area contributed by atoms with Crippen molar-refractivity contribution in [2.24, 2.45) is 5.73 Å². The zero-order chi connectivity index (χ0) is 12.6. The fourth-order valence-corrected chi connectivity index (χ4v) is 1.02. The van der Waals surface area contributed by atoms with E-state index < -0.39 is 17.5 Å². The first-order valence-electron chi connectivity index (χ1n) is 4.29. The third-order valence-corrected chi connectivity index (χ3v) is 2.14. The minimum Gasteiger partial charge on any atom is -0.383 e. The van der Waals surface area contributed by atoms with E-state index in [0.29, 0.717) is 6.92 Å². The van der Waals surface area contributed by atoms with Crippen molar-refractivity contribution in [3.63, 3.8) is 0 Å². The molecule has 1 heterocycles. The number of nitrogen functional groups attached to an aromatic ring is 1. The highest BCUT2D eigenvalue weighted by molar-refractivity contribution is 6.06. The summed E-state index contributed by atoms with van der Waals surface area (Å²) in [6.45, 7) is 0.599. The molecule has 4 nitrogen and oxygen atoms in total. The van der Waals surface area contributed by atoms with E-state index in [2.05, 4.69) is 4.98 Å². The second kappa shape index (κ2) is 3.75. The Morgan fingerprint density at radius 2 is 2.00 bits per heavy atom. The molecule has 1 unspecified atom stereocenters. The fraction of sp³-hybridized carbons (Fsp3) is 0.333. The van der Waals surface area contributed by atoms with E-state index in [-0.39, 0.29) is 11.4 Å². The molecule has 0 bridgehead atoms. The molecule has 1 aromatic rings. The average Bonchev–Trinajstić information content (AvgIpc) is 2.15. The van der Waals surface area contributed by atoms with Crippen LogP contribution in [-0.4, -0.2) is 22.5 Å². The zero-order valence-corrected chi connectivity index (χ0v) is 8.38. The summed E-state index contributed by atoms with van der Waals surface area (Å²) in [7, 11) is 0. The van der Waals surface area contributed by atoms with Gasteiger partial charge in [-0.3, -0.25) is 4.79 Å². The van der Waals surface area contributed by atoms with Gasteiger partial charge < -0.3 is 11.5 Å². The summed E-state index contributed by atoms with van der Waals surface area (Å²) in [5.41, 5.74) is 6.99. The first kappa shape index (κ1) is 12.4. The van der Waals surface area contributed by atoms with Crippen molar-refractivity contribution < 1.29 is 18.0 Å². The Hall–Kier alpha value is -1.63. The fourth-order valence-electron chi connectivity index (χ4n) is 1.02. The lowest BCUT2D eigenvalue weighted by atomic mass is 9.92. The van der Waals surface area contributed by atoms with Crippen LogP contribution in [0, 0.1) is 0 Å². The van der Waals surface area contributed by atoms with Crippen LogP contribution in [0.1, 0.15) is 17.3 Å². The van der Waals surface area contributed by atoms with Crippen LogP contribution >= 0.6 is 0 Å². The Morgan fingerprint density at radius 3 is 2.44 bits per heavy atom. The Bertz CT molecular complexity index is 415.